The molecule has 8 heteroatoms. The van der Waals surface area contributed by atoms with Crippen LogP contribution in [0.15, 0.2) is 30.6 Å². The number of ether oxygens (including phenoxy) is 4. The number of nitrogens with one attached hydrogen (secondary N) is 1. The molecule has 224 valence electrons. The molecule has 1 heterocycles. The summed E-state index contributed by atoms with van der Waals surface area (Å²) >= 11 is 0. The molecule has 39 heavy (non-hydrogen) atoms. The van der Waals surface area contributed by atoms with E-state index in [4.69, 9.17) is 14.2 Å². The number of amides is 1. The minimum Gasteiger partial charge on any atom is -0.446 e. The predicted molar refractivity (Wildman–Crippen MR) is 154 cm³/mol. The van der Waals surface area contributed by atoms with Crippen LogP contribution >= 0.6 is 0 Å². The SMILES string of the molecule is CCCCCCCCCCCCCCCCCCOC[C@H](COC(=O)NCC[n+]1ccccc1)OC(=O)OC. The molecule has 0 aromatic carbocycles. The van der Waals surface area contributed by atoms with E-state index >= 15 is 0 Å². The van der Waals surface area contributed by atoms with Crippen molar-refractivity contribution in [1.29, 1.82) is 0 Å². The molecule has 0 saturated heterocycles. The fourth-order valence-corrected chi connectivity index (χ4v) is 4.36. The molecular weight excluding hydrogens is 496 g/mol. The van der Waals surface area contributed by atoms with Gasteiger partial charge in [0.15, 0.2) is 25.0 Å². The summed E-state index contributed by atoms with van der Waals surface area (Å²) in [5.74, 6) is 0. The van der Waals surface area contributed by atoms with E-state index in [-0.39, 0.29) is 13.2 Å². The topological polar surface area (TPSA) is 87.0 Å². The zero-order chi connectivity index (χ0) is 28.2. The highest BCUT2D eigenvalue weighted by Crippen LogP contribution is 2.13. The number of alkyl carbamates (subject to hydrolysis) is 1. The molecule has 0 unspecified atom stereocenters. The Balaban J connectivity index is 1.99. The summed E-state index contributed by atoms with van der Waals surface area (Å²) < 4.78 is 22.6. The second-order valence-corrected chi connectivity index (χ2v) is 10.2. The summed E-state index contributed by atoms with van der Waals surface area (Å²) in [7, 11) is 1.24. The van der Waals surface area contributed by atoms with Gasteiger partial charge in [0.25, 0.3) is 0 Å². The number of aromatic nitrogens is 1. The molecule has 1 aromatic heterocycles. The van der Waals surface area contributed by atoms with Gasteiger partial charge in [0.2, 0.25) is 0 Å². The summed E-state index contributed by atoms with van der Waals surface area (Å²) in [5.41, 5.74) is 0. The summed E-state index contributed by atoms with van der Waals surface area (Å²) in [6, 6.07) is 5.78. The van der Waals surface area contributed by atoms with Crippen molar-refractivity contribution in [2.24, 2.45) is 0 Å². The third-order valence-corrected chi connectivity index (χ3v) is 6.69. The molecule has 1 aromatic rings. The molecule has 0 aliphatic carbocycles. The first-order valence-electron chi connectivity index (χ1n) is 15.3. The number of rotatable bonds is 25. The van der Waals surface area contributed by atoms with Crippen molar-refractivity contribution in [3.05, 3.63) is 30.6 Å². The molecule has 1 atom stereocenters. The van der Waals surface area contributed by atoms with Gasteiger partial charge in [-0.25, -0.2) is 14.2 Å². The third kappa shape index (κ3) is 22.2. The lowest BCUT2D eigenvalue weighted by molar-refractivity contribution is -0.694. The average molecular weight is 552 g/mol. The quantitative estimate of drug-likeness (QED) is 0.0790. The predicted octanol–water partition coefficient (Wildman–Crippen LogP) is 7.13. The first-order chi connectivity index (χ1) is 19.2. The van der Waals surface area contributed by atoms with Gasteiger partial charge in [-0.2, -0.15) is 0 Å². The van der Waals surface area contributed by atoms with Crippen LogP contribution in [0.5, 0.6) is 0 Å². The summed E-state index contributed by atoms with van der Waals surface area (Å²) in [6.07, 6.45) is 22.9. The van der Waals surface area contributed by atoms with Crippen LogP contribution in [-0.2, 0) is 25.5 Å². The maximum atomic E-state index is 12.0. The molecule has 0 radical (unpaired) electrons. The molecule has 0 fully saturated rings. The van der Waals surface area contributed by atoms with Crippen molar-refractivity contribution in [2.45, 2.75) is 122 Å². The van der Waals surface area contributed by atoms with Crippen molar-refractivity contribution in [3.63, 3.8) is 0 Å². The number of hydrogen-bond acceptors (Lipinski definition) is 6. The van der Waals surface area contributed by atoms with Crippen molar-refractivity contribution >= 4 is 12.2 Å². The Morgan fingerprint density at radius 1 is 0.744 bits per heavy atom. The van der Waals surface area contributed by atoms with Crippen LogP contribution in [-0.4, -0.2) is 51.8 Å². The number of carbonyl (C=O) groups excluding carboxylic acids is 2. The molecule has 0 saturated carbocycles. The van der Waals surface area contributed by atoms with Crippen molar-refractivity contribution in [3.8, 4) is 0 Å². The first-order valence-corrected chi connectivity index (χ1v) is 15.3. The van der Waals surface area contributed by atoms with E-state index in [1.54, 1.807) is 0 Å². The zero-order valence-electron chi connectivity index (χ0n) is 24.7. The van der Waals surface area contributed by atoms with Gasteiger partial charge in [-0.05, 0) is 6.42 Å². The summed E-state index contributed by atoms with van der Waals surface area (Å²) in [4.78, 5) is 23.5. The molecule has 0 aliphatic heterocycles. The monoisotopic (exact) mass is 551 g/mol. The van der Waals surface area contributed by atoms with Gasteiger partial charge in [-0.15, -0.1) is 0 Å². The lowest BCUT2D eigenvalue weighted by atomic mass is 10.0. The molecule has 0 bridgehead atoms. The van der Waals surface area contributed by atoms with Crippen LogP contribution in [0, 0.1) is 0 Å². The molecule has 0 aliphatic rings. The number of hydrogen-bond donors (Lipinski definition) is 1. The van der Waals surface area contributed by atoms with E-state index in [0.29, 0.717) is 19.7 Å². The minimum absolute atomic E-state index is 0.0988. The molecule has 8 nitrogen and oxygen atoms in total. The van der Waals surface area contributed by atoms with Crippen LogP contribution < -0.4 is 9.88 Å². The highest BCUT2D eigenvalue weighted by molar-refractivity contribution is 5.67. The number of methoxy groups -OCH3 is 1. The third-order valence-electron chi connectivity index (χ3n) is 6.69. The maximum absolute atomic E-state index is 12.0. The Hall–Kier alpha value is -2.35. The molecule has 0 spiro atoms. The fraction of sp³-hybridized carbons (Fsp3) is 0.774. The highest BCUT2D eigenvalue weighted by atomic mass is 16.7. The van der Waals surface area contributed by atoms with E-state index in [1.165, 1.54) is 97.0 Å². The summed E-state index contributed by atoms with van der Waals surface area (Å²) in [6.45, 7) is 3.96. The molecular formula is C31H55N2O6+. The van der Waals surface area contributed by atoms with E-state index in [1.807, 2.05) is 35.2 Å². The number of carbonyl (C=O) groups is 2. The van der Waals surface area contributed by atoms with Gasteiger partial charge >= 0.3 is 12.2 Å². The highest BCUT2D eigenvalue weighted by Gasteiger charge is 2.18. The van der Waals surface area contributed by atoms with Gasteiger partial charge in [-0.3, -0.25) is 0 Å². The Labute approximate surface area is 237 Å². The van der Waals surface area contributed by atoms with Crippen molar-refractivity contribution in [2.75, 3.05) is 33.5 Å². The largest absolute Gasteiger partial charge is 0.508 e. The molecule has 1 amide bonds. The van der Waals surface area contributed by atoms with Crippen molar-refractivity contribution in [1.82, 2.24) is 5.32 Å². The summed E-state index contributed by atoms with van der Waals surface area (Å²) in [5, 5.41) is 2.69. The van der Waals surface area contributed by atoms with Gasteiger partial charge in [0.1, 0.15) is 6.61 Å². The van der Waals surface area contributed by atoms with Crippen LogP contribution in [0.1, 0.15) is 110 Å². The lowest BCUT2D eigenvalue weighted by Gasteiger charge is -2.17. The van der Waals surface area contributed by atoms with Gasteiger partial charge in [0, 0.05) is 18.7 Å². The molecule has 1 N–H and O–H groups in total. The van der Waals surface area contributed by atoms with Crippen LogP contribution in [0.25, 0.3) is 0 Å². The first kappa shape index (κ1) is 34.7. The van der Waals surface area contributed by atoms with E-state index in [0.717, 1.165) is 12.8 Å². The fourth-order valence-electron chi connectivity index (χ4n) is 4.36. The van der Waals surface area contributed by atoms with Crippen LogP contribution in [0.2, 0.25) is 0 Å². The van der Waals surface area contributed by atoms with Gasteiger partial charge in [-0.1, -0.05) is 109 Å². The normalized spacial score (nSPS) is 11.6. The number of pyridine rings is 1. The van der Waals surface area contributed by atoms with Gasteiger partial charge in [0.05, 0.1) is 20.3 Å². The second-order valence-electron chi connectivity index (χ2n) is 10.2. The number of nitrogens with zero attached hydrogens (tertiary/aromatic N) is 1. The average Bonchev–Trinajstić information content (AvgIpc) is 2.95. The Morgan fingerprint density at radius 2 is 1.28 bits per heavy atom. The zero-order valence-corrected chi connectivity index (χ0v) is 24.7. The number of unbranched alkanes of at least 4 members (excludes halogenated alkanes) is 15. The molecule has 1 rings (SSSR count). The van der Waals surface area contributed by atoms with E-state index < -0.39 is 18.4 Å². The standard InChI is InChI=1S/C31H54N2O6/c1-3-4-5-6-7-8-9-10-11-12-13-14-15-16-17-21-26-37-27-29(39-31(35)36-2)28-38-30(34)32-22-25-33-23-19-18-20-24-33/h18-20,23-24,29H,3-17,21-22,25-28H2,1-2H3/p+1/t29-/m1/s1. The van der Waals surface area contributed by atoms with E-state index in [9.17, 15) is 9.59 Å². The smallest absolute Gasteiger partial charge is 0.446 e. The lowest BCUT2D eigenvalue weighted by Crippen LogP contribution is -2.40. The maximum Gasteiger partial charge on any atom is 0.508 e. The van der Waals surface area contributed by atoms with Crippen molar-refractivity contribution < 1.29 is 33.1 Å². The van der Waals surface area contributed by atoms with Crippen LogP contribution in [0.3, 0.4) is 0 Å². The Morgan fingerprint density at radius 3 is 1.82 bits per heavy atom. The minimum atomic E-state index is -0.824. The second kappa shape index (κ2) is 25.9. The van der Waals surface area contributed by atoms with Gasteiger partial charge < -0.3 is 24.3 Å². The van der Waals surface area contributed by atoms with Crippen LogP contribution in [0.4, 0.5) is 9.59 Å². The Bertz CT molecular complexity index is 704. The Kier molecular flexibility index (Phi) is 23.0. The van der Waals surface area contributed by atoms with E-state index in [2.05, 4.69) is 17.0 Å².